The third-order valence-electron chi connectivity index (χ3n) is 1.24. The Morgan fingerprint density at radius 1 is 1.50 bits per heavy atom. The van der Waals surface area contributed by atoms with Gasteiger partial charge in [0.15, 0.2) is 0 Å². The van der Waals surface area contributed by atoms with E-state index in [-0.39, 0.29) is 0 Å². The summed E-state index contributed by atoms with van der Waals surface area (Å²) in [6.45, 7) is 0.621. The molecular formula is C7H11N3. The molecular weight excluding hydrogens is 126 g/mol. The molecule has 0 aromatic carbocycles. The smallest absolute Gasteiger partial charge is 0.0436 e. The summed E-state index contributed by atoms with van der Waals surface area (Å²) in [6, 6.07) is 3.60. The van der Waals surface area contributed by atoms with Crippen LogP contribution in [0.15, 0.2) is 18.3 Å². The summed E-state index contributed by atoms with van der Waals surface area (Å²) in [5, 5.41) is 0. The van der Waals surface area contributed by atoms with Gasteiger partial charge in [-0.05, 0) is 18.7 Å². The molecule has 0 aliphatic heterocycles. The van der Waals surface area contributed by atoms with E-state index >= 15 is 0 Å². The van der Waals surface area contributed by atoms with Crippen LogP contribution in [0.4, 0.5) is 5.69 Å². The van der Waals surface area contributed by atoms with Crippen LogP contribution in [0.5, 0.6) is 0 Å². The van der Waals surface area contributed by atoms with Crippen LogP contribution in [0.3, 0.4) is 0 Å². The quantitative estimate of drug-likeness (QED) is 0.610. The first-order valence-corrected chi connectivity index (χ1v) is 3.23. The maximum atomic E-state index is 5.51. The van der Waals surface area contributed by atoms with E-state index in [1.54, 1.807) is 12.3 Å². The molecule has 1 aromatic rings. The van der Waals surface area contributed by atoms with E-state index < -0.39 is 0 Å². The average Bonchev–Trinajstić information content (AvgIpc) is 1.88. The molecule has 3 nitrogen and oxygen atoms in total. The van der Waals surface area contributed by atoms with Crippen molar-refractivity contribution in [2.75, 3.05) is 12.3 Å². The number of nitrogens with two attached hydrogens (primary N) is 2. The zero-order valence-corrected chi connectivity index (χ0v) is 5.75. The highest BCUT2D eigenvalue weighted by Crippen LogP contribution is 2.01. The topological polar surface area (TPSA) is 64.9 Å². The SMILES string of the molecule is NCCc1cc(N)ccn1. The molecule has 10 heavy (non-hydrogen) atoms. The van der Waals surface area contributed by atoms with E-state index in [2.05, 4.69) is 4.98 Å². The second-order valence-corrected chi connectivity index (χ2v) is 2.12. The molecule has 1 rings (SSSR count). The molecule has 0 bridgehead atoms. The van der Waals surface area contributed by atoms with Gasteiger partial charge in [0.2, 0.25) is 0 Å². The Morgan fingerprint density at radius 3 is 2.90 bits per heavy atom. The van der Waals surface area contributed by atoms with Crippen molar-refractivity contribution in [1.82, 2.24) is 4.98 Å². The second-order valence-electron chi connectivity index (χ2n) is 2.12. The van der Waals surface area contributed by atoms with Gasteiger partial charge >= 0.3 is 0 Å². The largest absolute Gasteiger partial charge is 0.399 e. The minimum Gasteiger partial charge on any atom is -0.399 e. The molecule has 4 N–H and O–H groups in total. The monoisotopic (exact) mass is 137 g/mol. The van der Waals surface area contributed by atoms with E-state index in [0.717, 1.165) is 17.8 Å². The van der Waals surface area contributed by atoms with Crippen molar-refractivity contribution in [2.24, 2.45) is 5.73 Å². The van der Waals surface area contributed by atoms with E-state index in [4.69, 9.17) is 11.5 Å². The van der Waals surface area contributed by atoms with Crippen LogP contribution in [0.2, 0.25) is 0 Å². The number of hydrogen-bond acceptors (Lipinski definition) is 3. The van der Waals surface area contributed by atoms with Gasteiger partial charge in [0.25, 0.3) is 0 Å². The summed E-state index contributed by atoms with van der Waals surface area (Å²) in [5.74, 6) is 0. The van der Waals surface area contributed by atoms with Crippen LogP contribution in [0.25, 0.3) is 0 Å². The Morgan fingerprint density at radius 2 is 2.30 bits per heavy atom. The normalized spacial score (nSPS) is 9.70. The molecule has 0 aliphatic rings. The first-order valence-electron chi connectivity index (χ1n) is 3.23. The van der Waals surface area contributed by atoms with Gasteiger partial charge in [-0.3, -0.25) is 4.98 Å². The van der Waals surface area contributed by atoms with Crippen molar-refractivity contribution >= 4 is 5.69 Å². The molecule has 0 saturated carbocycles. The summed E-state index contributed by atoms with van der Waals surface area (Å²) >= 11 is 0. The number of pyridine rings is 1. The van der Waals surface area contributed by atoms with E-state index in [0.29, 0.717) is 6.54 Å². The molecule has 0 atom stereocenters. The Balaban J connectivity index is 2.75. The Hall–Kier alpha value is -1.09. The van der Waals surface area contributed by atoms with Crippen LogP contribution < -0.4 is 11.5 Å². The second kappa shape index (κ2) is 3.17. The zero-order valence-electron chi connectivity index (χ0n) is 5.75. The van der Waals surface area contributed by atoms with Gasteiger partial charge in [-0.1, -0.05) is 0 Å². The van der Waals surface area contributed by atoms with Crippen LogP contribution in [0, 0.1) is 0 Å². The third-order valence-corrected chi connectivity index (χ3v) is 1.24. The van der Waals surface area contributed by atoms with Gasteiger partial charge in [-0.2, -0.15) is 0 Å². The molecule has 0 unspecified atom stereocenters. The number of aromatic nitrogens is 1. The lowest BCUT2D eigenvalue weighted by atomic mass is 10.2. The fourth-order valence-corrected chi connectivity index (χ4v) is 0.781. The minimum absolute atomic E-state index is 0.621. The standard InChI is InChI=1S/C7H11N3/c8-3-1-7-5-6(9)2-4-10-7/h2,4-5H,1,3,8H2,(H2,9,10). The van der Waals surface area contributed by atoms with E-state index in [9.17, 15) is 0 Å². The first-order chi connectivity index (χ1) is 4.83. The Labute approximate surface area is 60.1 Å². The molecule has 0 saturated heterocycles. The first kappa shape index (κ1) is 7.02. The van der Waals surface area contributed by atoms with Crippen LogP contribution in [-0.4, -0.2) is 11.5 Å². The van der Waals surface area contributed by atoms with E-state index in [1.165, 1.54) is 0 Å². The summed E-state index contributed by atoms with van der Waals surface area (Å²) in [5.41, 5.74) is 12.5. The highest BCUT2D eigenvalue weighted by Gasteiger charge is 1.91. The number of anilines is 1. The number of rotatable bonds is 2. The molecule has 0 spiro atoms. The van der Waals surface area contributed by atoms with Gasteiger partial charge in [0.05, 0.1) is 0 Å². The lowest BCUT2D eigenvalue weighted by molar-refractivity contribution is 0.924. The summed E-state index contributed by atoms with van der Waals surface area (Å²) < 4.78 is 0. The maximum absolute atomic E-state index is 5.51. The van der Waals surface area contributed by atoms with Crippen molar-refractivity contribution < 1.29 is 0 Å². The van der Waals surface area contributed by atoms with Crippen molar-refractivity contribution in [3.05, 3.63) is 24.0 Å². The van der Waals surface area contributed by atoms with Gasteiger partial charge in [0.1, 0.15) is 0 Å². The van der Waals surface area contributed by atoms with Crippen molar-refractivity contribution in [3.8, 4) is 0 Å². The van der Waals surface area contributed by atoms with Crippen molar-refractivity contribution in [2.45, 2.75) is 6.42 Å². The molecule has 1 aromatic heterocycles. The molecule has 0 aliphatic carbocycles. The van der Waals surface area contributed by atoms with Gasteiger partial charge < -0.3 is 11.5 Å². The van der Waals surface area contributed by atoms with Crippen molar-refractivity contribution in [1.29, 1.82) is 0 Å². The fraction of sp³-hybridized carbons (Fsp3) is 0.286. The molecule has 0 amide bonds. The molecule has 54 valence electrons. The number of nitrogens with zero attached hydrogens (tertiary/aromatic N) is 1. The molecule has 0 fully saturated rings. The minimum atomic E-state index is 0.621. The molecule has 1 heterocycles. The maximum Gasteiger partial charge on any atom is 0.0436 e. The van der Waals surface area contributed by atoms with Crippen LogP contribution in [0.1, 0.15) is 5.69 Å². The summed E-state index contributed by atoms with van der Waals surface area (Å²) in [4.78, 5) is 4.07. The lowest BCUT2D eigenvalue weighted by Crippen LogP contribution is -2.04. The van der Waals surface area contributed by atoms with Crippen LogP contribution in [-0.2, 0) is 6.42 Å². The Bertz CT molecular complexity index is 210. The fourth-order valence-electron chi connectivity index (χ4n) is 0.781. The molecule has 0 radical (unpaired) electrons. The van der Waals surface area contributed by atoms with Gasteiger partial charge in [-0.25, -0.2) is 0 Å². The highest BCUT2D eigenvalue weighted by molar-refractivity contribution is 5.37. The van der Waals surface area contributed by atoms with Crippen molar-refractivity contribution in [3.63, 3.8) is 0 Å². The van der Waals surface area contributed by atoms with Gasteiger partial charge in [-0.15, -0.1) is 0 Å². The van der Waals surface area contributed by atoms with Gasteiger partial charge in [0, 0.05) is 24.0 Å². The predicted molar refractivity (Wildman–Crippen MR) is 41.4 cm³/mol. The zero-order chi connectivity index (χ0) is 7.40. The summed E-state index contributed by atoms with van der Waals surface area (Å²) in [6.07, 6.45) is 2.49. The highest BCUT2D eigenvalue weighted by atomic mass is 14.7. The lowest BCUT2D eigenvalue weighted by Gasteiger charge is -1.97. The molecule has 3 heteroatoms. The predicted octanol–water partition coefficient (Wildman–Crippen LogP) is 0.165. The third kappa shape index (κ3) is 1.70. The number of nitrogen functional groups attached to an aromatic ring is 1. The summed E-state index contributed by atoms with van der Waals surface area (Å²) in [7, 11) is 0. The van der Waals surface area contributed by atoms with Crippen LogP contribution >= 0.6 is 0 Å². The Kier molecular flexibility index (Phi) is 2.23. The van der Waals surface area contributed by atoms with E-state index in [1.807, 2.05) is 6.07 Å². The number of hydrogen-bond donors (Lipinski definition) is 2. The average molecular weight is 137 g/mol.